The fourth-order valence-electron chi connectivity index (χ4n) is 6.87. The van der Waals surface area contributed by atoms with Gasteiger partial charge in [-0.25, -0.2) is 0 Å². The number of nitrogens with zero attached hydrogens (tertiary/aromatic N) is 5. The molecule has 3 heterocycles. The number of fused-ring (bicyclic) bond motifs is 10. The first-order valence-electron chi connectivity index (χ1n) is 14.4. The van der Waals surface area contributed by atoms with Gasteiger partial charge in [0.05, 0.1) is 62.4 Å². The highest BCUT2D eigenvalue weighted by atomic mass is 16.3. The van der Waals surface area contributed by atoms with E-state index in [0.717, 1.165) is 76.9 Å². The largest absolute Gasteiger partial charge is 0.456 e. The van der Waals surface area contributed by atoms with E-state index in [2.05, 4.69) is 75.9 Å². The molecule has 45 heavy (non-hydrogen) atoms. The van der Waals surface area contributed by atoms with Crippen LogP contribution in [0, 0.1) is 34.0 Å². The lowest BCUT2D eigenvalue weighted by Gasteiger charge is -2.13. The van der Waals surface area contributed by atoms with E-state index < -0.39 is 0 Å². The van der Waals surface area contributed by atoms with E-state index in [9.17, 15) is 15.8 Å². The van der Waals surface area contributed by atoms with Gasteiger partial charge in [-0.15, -0.1) is 0 Å². The lowest BCUT2D eigenvalue weighted by atomic mass is 10.1. The van der Waals surface area contributed by atoms with Gasteiger partial charge in [0.1, 0.15) is 11.2 Å². The highest BCUT2D eigenvalue weighted by Gasteiger charge is 2.20. The van der Waals surface area contributed by atoms with E-state index in [1.165, 1.54) is 0 Å². The lowest BCUT2D eigenvalue weighted by molar-refractivity contribution is 0.669. The summed E-state index contributed by atoms with van der Waals surface area (Å²) in [4.78, 5) is 0. The predicted octanol–water partition coefficient (Wildman–Crippen LogP) is 9.40. The third-order valence-electron chi connectivity index (χ3n) is 8.77. The van der Waals surface area contributed by atoms with Crippen LogP contribution in [0.1, 0.15) is 16.7 Å². The second-order valence-electron chi connectivity index (χ2n) is 11.2. The summed E-state index contributed by atoms with van der Waals surface area (Å²) in [6.45, 7) is 0. The molecule has 0 aliphatic rings. The highest BCUT2D eigenvalue weighted by Crippen LogP contribution is 2.41. The van der Waals surface area contributed by atoms with Crippen LogP contribution in [0.15, 0.2) is 120 Å². The fraction of sp³-hybridized carbons (Fsp3) is 0. The summed E-state index contributed by atoms with van der Waals surface area (Å²) in [5, 5.41) is 34.9. The molecular formula is C39H19N5O. The van der Waals surface area contributed by atoms with E-state index in [-0.39, 0.29) is 0 Å². The fourth-order valence-corrected chi connectivity index (χ4v) is 6.87. The van der Waals surface area contributed by atoms with Crippen molar-refractivity contribution in [3.63, 3.8) is 0 Å². The Morgan fingerprint density at radius 1 is 0.444 bits per heavy atom. The molecule has 0 amide bonds. The average molecular weight is 574 g/mol. The van der Waals surface area contributed by atoms with Crippen LogP contribution in [0.2, 0.25) is 0 Å². The van der Waals surface area contributed by atoms with E-state index in [4.69, 9.17) is 4.42 Å². The molecule has 0 aliphatic carbocycles. The van der Waals surface area contributed by atoms with Gasteiger partial charge in [-0.3, -0.25) is 0 Å². The van der Waals surface area contributed by atoms with E-state index in [1.54, 1.807) is 6.07 Å². The SMILES string of the molecule is N#Cc1ccc2oc3ccc4c5ccccc5n(-c5cccc(-n6c7ccc(C#N)cc7c7cc(C#N)ccc76)c5)c4c3c2c1. The molecule has 0 saturated carbocycles. The quantitative estimate of drug-likeness (QED) is 0.206. The molecule has 0 aliphatic heterocycles. The van der Waals surface area contributed by atoms with Crippen LogP contribution in [0.25, 0.3) is 76.9 Å². The molecule has 0 spiro atoms. The number of rotatable bonds is 2. The van der Waals surface area contributed by atoms with Crippen LogP contribution in [-0.2, 0) is 0 Å². The van der Waals surface area contributed by atoms with Crippen LogP contribution < -0.4 is 0 Å². The summed E-state index contributed by atoms with van der Waals surface area (Å²) in [7, 11) is 0. The number of hydrogen-bond donors (Lipinski definition) is 0. The number of furan rings is 1. The Hall–Kier alpha value is -6.81. The maximum absolute atomic E-state index is 9.68. The Morgan fingerprint density at radius 2 is 1.02 bits per heavy atom. The molecule has 6 aromatic carbocycles. The Balaban J connectivity index is 1.39. The van der Waals surface area contributed by atoms with Crippen molar-refractivity contribution in [1.82, 2.24) is 9.13 Å². The molecule has 0 N–H and O–H groups in total. The minimum Gasteiger partial charge on any atom is -0.456 e. The summed E-state index contributed by atoms with van der Waals surface area (Å²) in [6, 6.07) is 44.6. The molecular weight excluding hydrogens is 554 g/mol. The van der Waals surface area contributed by atoms with E-state index in [1.807, 2.05) is 60.7 Å². The van der Waals surface area contributed by atoms with Crippen LogP contribution in [0.3, 0.4) is 0 Å². The van der Waals surface area contributed by atoms with Crippen molar-refractivity contribution in [2.75, 3.05) is 0 Å². The number of aromatic nitrogens is 2. The van der Waals surface area contributed by atoms with Gasteiger partial charge >= 0.3 is 0 Å². The van der Waals surface area contributed by atoms with Gasteiger partial charge in [-0.1, -0.05) is 24.3 Å². The first-order valence-corrected chi connectivity index (χ1v) is 14.4. The molecule has 0 atom stereocenters. The zero-order chi connectivity index (χ0) is 30.2. The molecule has 0 radical (unpaired) electrons. The van der Waals surface area contributed by atoms with Crippen molar-refractivity contribution in [3.8, 4) is 29.6 Å². The van der Waals surface area contributed by atoms with Gasteiger partial charge in [0.2, 0.25) is 0 Å². The number of para-hydroxylation sites is 1. The third kappa shape index (κ3) is 3.41. The Kier molecular flexibility index (Phi) is 5.00. The first kappa shape index (κ1) is 24.8. The number of hydrogen-bond acceptors (Lipinski definition) is 4. The molecule has 206 valence electrons. The number of benzene rings is 6. The summed E-state index contributed by atoms with van der Waals surface area (Å²) in [5.41, 5.74) is 9.10. The monoisotopic (exact) mass is 573 g/mol. The zero-order valence-corrected chi connectivity index (χ0v) is 23.6. The van der Waals surface area contributed by atoms with Gasteiger partial charge in [0, 0.05) is 38.3 Å². The van der Waals surface area contributed by atoms with Crippen LogP contribution in [0.5, 0.6) is 0 Å². The normalized spacial score (nSPS) is 11.5. The summed E-state index contributed by atoms with van der Waals surface area (Å²) in [6.07, 6.45) is 0. The third-order valence-corrected chi connectivity index (χ3v) is 8.77. The van der Waals surface area contributed by atoms with Gasteiger partial charge < -0.3 is 13.6 Å². The Labute approximate surface area is 256 Å². The summed E-state index contributed by atoms with van der Waals surface area (Å²) < 4.78 is 10.8. The average Bonchev–Trinajstić information content (AvgIpc) is 3.74. The van der Waals surface area contributed by atoms with E-state index >= 15 is 0 Å². The van der Waals surface area contributed by atoms with Crippen molar-refractivity contribution in [2.45, 2.75) is 0 Å². The van der Waals surface area contributed by atoms with E-state index in [0.29, 0.717) is 16.7 Å². The molecule has 3 aromatic heterocycles. The predicted molar refractivity (Wildman–Crippen MR) is 177 cm³/mol. The zero-order valence-electron chi connectivity index (χ0n) is 23.6. The molecule has 0 fully saturated rings. The minimum absolute atomic E-state index is 0.568. The Bertz CT molecular complexity index is 2790. The molecule has 0 saturated heterocycles. The smallest absolute Gasteiger partial charge is 0.137 e. The van der Waals surface area contributed by atoms with Gasteiger partial charge in [-0.2, -0.15) is 15.8 Å². The Morgan fingerprint density at radius 3 is 1.71 bits per heavy atom. The summed E-state index contributed by atoms with van der Waals surface area (Å²) in [5.74, 6) is 0. The van der Waals surface area contributed by atoms with Gasteiger partial charge in [0.15, 0.2) is 0 Å². The van der Waals surface area contributed by atoms with Crippen molar-refractivity contribution in [2.24, 2.45) is 0 Å². The maximum Gasteiger partial charge on any atom is 0.137 e. The molecule has 6 heteroatoms. The molecule has 0 bridgehead atoms. The van der Waals surface area contributed by atoms with Gasteiger partial charge in [-0.05, 0) is 91.0 Å². The van der Waals surface area contributed by atoms with Crippen molar-refractivity contribution >= 4 is 65.6 Å². The van der Waals surface area contributed by atoms with Crippen LogP contribution in [0.4, 0.5) is 0 Å². The topological polar surface area (TPSA) is 94.4 Å². The molecule has 6 nitrogen and oxygen atoms in total. The molecule has 9 rings (SSSR count). The lowest BCUT2D eigenvalue weighted by Crippen LogP contribution is -1.99. The second-order valence-corrected chi connectivity index (χ2v) is 11.2. The summed E-state index contributed by atoms with van der Waals surface area (Å²) >= 11 is 0. The molecule has 9 aromatic rings. The molecule has 0 unspecified atom stereocenters. The van der Waals surface area contributed by atoms with Crippen molar-refractivity contribution in [3.05, 3.63) is 132 Å². The van der Waals surface area contributed by atoms with Crippen LogP contribution in [-0.4, -0.2) is 9.13 Å². The van der Waals surface area contributed by atoms with Gasteiger partial charge in [0.25, 0.3) is 0 Å². The van der Waals surface area contributed by atoms with Crippen LogP contribution >= 0.6 is 0 Å². The van der Waals surface area contributed by atoms with Crippen molar-refractivity contribution < 1.29 is 4.42 Å². The standard InChI is InChI=1S/C39H19N5O/c40-20-23-8-12-34-30(16-23)31-17-24(21-41)9-13-35(31)43(34)26-4-3-5-27(19-26)44-33-7-2-1-6-28(33)29-11-15-37-38(39(29)44)32-18-25(22-42)10-14-36(32)45-37/h1-19H. The highest BCUT2D eigenvalue weighted by molar-refractivity contribution is 6.24. The first-order chi connectivity index (χ1) is 22.2. The minimum atomic E-state index is 0.568. The van der Waals surface area contributed by atoms with Crippen molar-refractivity contribution in [1.29, 1.82) is 15.8 Å². The maximum atomic E-state index is 9.68. The number of nitriles is 3. The second kappa shape index (κ2) is 9.09.